The van der Waals surface area contributed by atoms with E-state index in [9.17, 15) is 9.59 Å². The molecule has 3 aliphatic rings. The minimum Gasteiger partial charge on any atom is -0.342 e. The lowest BCUT2D eigenvalue weighted by Crippen LogP contribution is -2.39. The van der Waals surface area contributed by atoms with Gasteiger partial charge in [-0.1, -0.05) is 25.7 Å². The summed E-state index contributed by atoms with van der Waals surface area (Å²) in [5.41, 5.74) is 0. The number of carbonyl (C=O) groups is 2. The molecular weight excluding hydrogens is 252 g/mol. The van der Waals surface area contributed by atoms with Crippen LogP contribution in [0.3, 0.4) is 0 Å². The summed E-state index contributed by atoms with van der Waals surface area (Å²) >= 11 is 0. The molecule has 1 aliphatic carbocycles. The summed E-state index contributed by atoms with van der Waals surface area (Å²) in [4.78, 5) is 28.8. The topological polar surface area (TPSA) is 40.6 Å². The van der Waals surface area contributed by atoms with Crippen molar-refractivity contribution in [2.45, 2.75) is 63.8 Å². The first kappa shape index (κ1) is 13.9. The summed E-state index contributed by atoms with van der Waals surface area (Å²) in [5.74, 6) is 0.381. The van der Waals surface area contributed by atoms with Gasteiger partial charge in [0, 0.05) is 32.1 Å². The Labute approximate surface area is 121 Å². The van der Waals surface area contributed by atoms with E-state index in [0.717, 1.165) is 38.8 Å². The molecule has 2 aliphatic heterocycles. The summed E-state index contributed by atoms with van der Waals surface area (Å²) in [6.45, 7) is 2.47. The van der Waals surface area contributed by atoms with Crippen LogP contribution in [0, 0.1) is 5.92 Å². The number of carbonyl (C=O) groups excluding carboxylic acids is 2. The molecule has 2 saturated heterocycles. The van der Waals surface area contributed by atoms with E-state index in [-0.39, 0.29) is 17.7 Å². The van der Waals surface area contributed by atoms with E-state index >= 15 is 0 Å². The zero-order chi connectivity index (χ0) is 13.9. The lowest BCUT2D eigenvalue weighted by atomic mass is 10.1. The molecule has 1 saturated carbocycles. The molecule has 1 unspecified atom stereocenters. The van der Waals surface area contributed by atoms with E-state index < -0.39 is 0 Å². The Kier molecular flexibility index (Phi) is 4.27. The second kappa shape index (κ2) is 6.15. The van der Waals surface area contributed by atoms with Gasteiger partial charge in [0.2, 0.25) is 11.8 Å². The van der Waals surface area contributed by atoms with Crippen LogP contribution >= 0.6 is 0 Å². The first-order valence-corrected chi connectivity index (χ1v) is 8.34. The van der Waals surface area contributed by atoms with Gasteiger partial charge in [-0.25, -0.2) is 0 Å². The molecule has 0 aromatic rings. The lowest BCUT2D eigenvalue weighted by Gasteiger charge is -2.26. The fourth-order valence-corrected chi connectivity index (χ4v) is 4.02. The fraction of sp³-hybridized carbons (Fsp3) is 0.875. The van der Waals surface area contributed by atoms with Gasteiger partial charge >= 0.3 is 0 Å². The second-order valence-corrected chi connectivity index (χ2v) is 6.62. The molecule has 112 valence electrons. The Morgan fingerprint density at radius 2 is 1.60 bits per heavy atom. The van der Waals surface area contributed by atoms with Crippen LogP contribution in [0.1, 0.15) is 57.8 Å². The lowest BCUT2D eigenvalue weighted by molar-refractivity contribution is -0.135. The number of likely N-dealkylation sites (tertiary alicyclic amines) is 2. The third kappa shape index (κ3) is 2.84. The number of amides is 2. The monoisotopic (exact) mass is 278 g/mol. The van der Waals surface area contributed by atoms with Gasteiger partial charge in [0.1, 0.15) is 0 Å². The molecule has 4 heteroatoms. The SMILES string of the molecule is O=C(C1CC(=O)N(C2CCCC2)C1)N1CCCCCC1. The van der Waals surface area contributed by atoms with Gasteiger partial charge in [-0.15, -0.1) is 0 Å². The molecule has 1 atom stereocenters. The van der Waals surface area contributed by atoms with Crippen LogP contribution in [0.5, 0.6) is 0 Å². The molecule has 0 N–H and O–H groups in total. The van der Waals surface area contributed by atoms with E-state index in [1.807, 2.05) is 9.80 Å². The highest BCUT2D eigenvalue weighted by molar-refractivity contribution is 5.89. The molecule has 3 fully saturated rings. The van der Waals surface area contributed by atoms with Crippen molar-refractivity contribution in [3.63, 3.8) is 0 Å². The highest BCUT2D eigenvalue weighted by Gasteiger charge is 2.40. The Bertz CT molecular complexity index is 369. The van der Waals surface area contributed by atoms with Crippen molar-refractivity contribution in [1.82, 2.24) is 9.80 Å². The van der Waals surface area contributed by atoms with Gasteiger partial charge in [-0.3, -0.25) is 9.59 Å². The standard InChI is InChI=1S/C16H26N2O2/c19-15-11-13(12-18(15)14-7-3-4-8-14)16(20)17-9-5-1-2-6-10-17/h13-14H,1-12H2. The van der Waals surface area contributed by atoms with Crippen molar-refractivity contribution in [1.29, 1.82) is 0 Å². The van der Waals surface area contributed by atoms with Crippen molar-refractivity contribution in [3.8, 4) is 0 Å². The van der Waals surface area contributed by atoms with E-state index in [4.69, 9.17) is 0 Å². The van der Waals surface area contributed by atoms with Gasteiger partial charge in [0.25, 0.3) is 0 Å². The average molecular weight is 278 g/mol. The number of nitrogens with zero attached hydrogens (tertiary/aromatic N) is 2. The molecule has 0 bridgehead atoms. The maximum atomic E-state index is 12.6. The molecular formula is C16H26N2O2. The summed E-state index contributed by atoms with van der Waals surface area (Å²) < 4.78 is 0. The second-order valence-electron chi connectivity index (χ2n) is 6.62. The van der Waals surface area contributed by atoms with Crippen LogP contribution in [0.15, 0.2) is 0 Å². The van der Waals surface area contributed by atoms with Crippen LogP contribution in [0.2, 0.25) is 0 Å². The van der Waals surface area contributed by atoms with Crippen LogP contribution < -0.4 is 0 Å². The summed E-state index contributed by atoms with van der Waals surface area (Å²) in [7, 11) is 0. The van der Waals surface area contributed by atoms with E-state index in [2.05, 4.69) is 0 Å². The zero-order valence-electron chi connectivity index (χ0n) is 12.4. The highest BCUT2D eigenvalue weighted by atomic mass is 16.2. The molecule has 20 heavy (non-hydrogen) atoms. The molecule has 0 radical (unpaired) electrons. The van der Waals surface area contributed by atoms with Crippen molar-refractivity contribution in [3.05, 3.63) is 0 Å². The normalized spacial score (nSPS) is 29.0. The minimum atomic E-state index is -0.0683. The van der Waals surface area contributed by atoms with Crippen LogP contribution in [0.4, 0.5) is 0 Å². The van der Waals surface area contributed by atoms with Crippen LogP contribution in [-0.2, 0) is 9.59 Å². The first-order chi connectivity index (χ1) is 9.75. The molecule has 0 spiro atoms. The number of hydrogen-bond acceptors (Lipinski definition) is 2. The van der Waals surface area contributed by atoms with Crippen LogP contribution in [0.25, 0.3) is 0 Å². The average Bonchev–Trinajstić information content (AvgIpc) is 3.01. The Morgan fingerprint density at radius 1 is 0.950 bits per heavy atom. The van der Waals surface area contributed by atoms with Crippen molar-refractivity contribution in [2.75, 3.05) is 19.6 Å². The van der Waals surface area contributed by atoms with Gasteiger partial charge < -0.3 is 9.80 Å². The molecule has 4 nitrogen and oxygen atoms in total. The minimum absolute atomic E-state index is 0.0683. The van der Waals surface area contributed by atoms with Gasteiger partial charge in [-0.05, 0) is 25.7 Å². The molecule has 3 rings (SSSR count). The summed E-state index contributed by atoms with van der Waals surface area (Å²) in [6, 6.07) is 0.421. The zero-order valence-corrected chi connectivity index (χ0v) is 12.4. The van der Waals surface area contributed by atoms with Gasteiger partial charge in [0.15, 0.2) is 0 Å². The largest absolute Gasteiger partial charge is 0.342 e. The molecule has 2 heterocycles. The van der Waals surface area contributed by atoms with Crippen molar-refractivity contribution >= 4 is 11.8 Å². The van der Waals surface area contributed by atoms with E-state index in [0.29, 0.717) is 19.0 Å². The smallest absolute Gasteiger partial charge is 0.227 e. The highest BCUT2D eigenvalue weighted by Crippen LogP contribution is 2.30. The quantitative estimate of drug-likeness (QED) is 0.777. The van der Waals surface area contributed by atoms with Gasteiger partial charge in [-0.2, -0.15) is 0 Å². The third-order valence-corrected chi connectivity index (χ3v) is 5.19. The Hall–Kier alpha value is -1.06. The first-order valence-electron chi connectivity index (χ1n) is 8.34. The maximum absolute atomic E-state index is 12.6. The van der Waals surface area contributed by atoms with Gasteiger partial charge in [0.05, 0.1) is 5.92 Å². The summed E-state index contributed by atoms with van der Waals surface area (Å²) in [5, 5.41) is 0. The Morgan fingerprint density at radius 3 is 2.25 bits per heavy atom. The maximum Gasteiger partial charge on any atom is 0.227 e. The van der Waals surface area contributed by atoms with Crippen molar-refractivity contribution in [2.24, 2.45) is 5.92 Å². The predicted octanol–water partition coefficient (Wildman–Crippen LogP) is 2.18. The molecule has 0 aromatic heterocycles. The molecule has 0 aromatic carbocycles. The Balaban J connectivity index is 1.60. The van der Waals surface area contributed by atoms with E-state index in [1.165, 1.54) is 25.7 Å². The number of hydrogen-bond donors (Lipinski definition) is 0. The number of rotatable bonds is 2. The van der Waals surface area contributed by atoms with Crippen LogP contribution in [-0.4, -0.2) is 47.3 Å². The van der Waals surface area contributed by atoms with E-state index in [1.54, 1.807) is 0 Å². The fourth-order valence-electron chi connectivity index (χ4n) is 4.02. The van der Waals surface area contributed by atoms with Crippen molar-refractivity contribution < 1.29 is 9.59 Å². The molecule has 2 amide bonds. The summed E-state index contributed by atoms with van der Waals surface area (Å²) in [6.07, 6.45) is 9.91. The third-order valence-electron chi connectivity index (χ3n) is 5.19. The predicted molar refractivity (Wildman–Crippen MR) is 77.1 cm³/mol.